The van der Waals surface area contributed by atoms with Gasteiger partial charge in [-0.1, -0.05) is 45.9 Å². The van der Waals surface area contributed by atoms with Crippen LogP contribution in [0.5, 0.6) is 5.75 Å². The highest BCUT2D eigenvalue weighted by Gasteiger charge is 2.46. The zero-order valence-electron chi connectivity index (χ0n) is 11.7. The summed E-state index contributed by atoms with van der Waals surface area (Å²) in [5.74, 6) is -0.491. The molecule has 0 aliphatic rings. The Morgan fingerprint density at radius 3 is 2.06 bits per heavy atom. The van der Waals surface area contributed by atoms with Crippen molar-refractivity contribution in [3.05, 3.63) is 30.3 Å². The lowest BCUT2D eigenvalue weighted by atomic mass is 9.72. The van der Waals surface area contributed by atoms with Crippen molar-refractivity contribution in [2.45, 2.75) is 40.2 Å². The molecule has 1 N–H and O–H groups in total. The third-order valence-corrected chi connectivity index (χ3v) is 3.62. The van der Waals surface area contributed by atoms with Gasteiger partial charge in [0.05, 0.1) is 0 Å². The van der Waals surface area contributed by atoms with Crippen molar-refractivity contribution in [2.24, 2.45) is 11.3 Å². The lowest BCUT2D eigenvalue weighted by Gasteiger charge is -2.39. The molecule has 0 aliphatic carbocycles. The van der Waals surface area contributed by atoms with Gasteiger partial charge in [0.2, 0.25) is 5.60 Å². The Labute approximate surface area is 109 Å². The van der Waals surface area contributed by atoms with E-state index in [9.17, 15) is 9.90 Å². The molecule has 0 amide bonds. The molecular weight excluding hydrogens is 228 g/mol. The van der Waals surface area contributed by atoms with Crippen LogP contribution in [0.4, 0.5) is 0 Å². The van der Waals surface area contributed by atoms with E-state index in [2.05, 4.69) is 0 Å². The van der Waals surface area contributed by atoms with Crippen molar-refractivity contribution in [1.29, 1.82) is 0 Å². The number of para-hydroxylation sites is 1. The fourth-order valence-electron chi connectivity index (χ4n) is 1.88. The third-order valence-electron chi connectivity index (χ3n) is 3.62. The van der Waals surface area contributed by atoms with Gasteiger partial charge in [-0.05, 0) is 24.5 Å². The summed E-state index contributed by atoms with van der Waals surface area (Å²) in [6.45, 7) is 9.61. The van der Waals surface area contributed by atoms with Gasteiger partial charge in [-0.2, -0.15) is 0 Å². The van der Waals surface area contributed by atoms with Crippen molar-refractivity contribution in [3.63, 3.8) is 0 Å². The van der Waals surface area contributed by atoms with Crippen molar-refractivity contribution in [1.82, 2.24) is 0 Å². The van der Waals surface area contributed by atoms with E-state index in [-0.39, 0.29) is 11.3 Å². The van der Waals surface area contributed by atoms with E-state index in [4.69, 9.17) is 4.74 Å². The number of carboxylic acids is 1. The van der Waals surface area contributed by atoms with Crippen LogP contribution in [0.1, 0.15) is 34.6 Å². The van der Waals surface area contributed by atoms with E-state index in [0.29, 0.717) is 5.75 Å². The Kier molecular flexibility index (Phi) is 4.05. The quantitative estimate of drug-likeness (QED) is 0.888. The topological polar surface area (TPSA) is 46.5 Å². The maximum atomic E-state index is 11.6. The van der Waals surface area contributed by atoms with Gasteiger partial charge in [0.1, 0.15) is 5.75 Å². The number of carbonyl (C=O) groups is 1. The number of hydrogen-bond acceptors (Lipinski definition) is 2. The SMILES string of the molecule is CC(C(C)(C)C)C(C)(Oc1ccccc1)C(=O)O. The minimum atomic E-state index is -1.24. The number of benzene rings is 1. The molecule has 2 unspecified atom stereocenters. The highest BCUT2D eigenvalue weighted by molar-refractivity contribution is 5.78. The Hall–Kier alpha value is -1.51. The molecule has 1 rings (SSSR count). The molecule has 0 saturated carbocycles. The molecule has 1 aromatic carbocycles. The van der Waals surface area contributed by atoms with Crippen molar-refractivity contribution in [2.75, 3.05) is 0 Å². The van der Waals surface area contributed by atoms with E-state index in [0.717, 1.165) is 0 Å². The first kappa shape index (κ1) is 14.6. The smallest absolute Gasteiger partial charge is 0.348 e. The molecule has 3 nitrogen and oxygen atoms in total. The monoisotopic (exact) mass is 250 g/mol. The van der Waals surface area contributed by atoms with Gasteiger partial charge < -0.3 is 9.84 Å². The van der Waals surface area contributed by atoms with Crippen LogP contribution < -0.4 is 4.74 Å². The van der Waals surface area contributed by atoms with Crippen LogP contribution in [0.2, 0.25) is 0 Å². The summed E-state index contributed by atoms with van der Waals surface area (Å²) in [5, 5.41) is 9.50. The van der Waals surface area contributed by atoms with E-state index >= 15 is 0 Å². The minimum absolute atomic E-state index is 0.136. The summed E-state index contributed by atoms with van der Waals surface area (Å²) in [5.41, 5.74) is -1.39. The molecule has 0 aliphatic heterocycles. The maximum absolute atomic E-state index is 11.6. The summed E-state index contributed by atoms with van der Waals surface area (Å²) >= 11 is 0. The van der Waals surface area contributed by atoms with E-state index in [1.165, 1.54) is 0 Å². The second-order valence-electron chi connectivity index (χ2n) is 5.92. The fraction of sp³-hybridized carbons (Fsp3) is 0.533. The van der Waals surface area contributed by atoms with Crippen LogP contribution in [-0.2, 0) is 4.79 Å². The molecule has 0 saturated heterocycles. The normalized spacial score (nSPS) is 16.7. The Morgan fingerprint density at radius 1 is 1.17 bits per heavy atom. The van der Waals surface area contributed by atoms with E-state index < -0.39 is 11.6 Å². The lowest BCUT2D eigenvalue weighted by molar-refractivity contribution is -0.162. The first-order valence-corrected chi connectivity index (χ1v) is 6.15. The number of rotatable bonds is 4. The molecule has 0 bridgehead atoms. The maximum Gasteiger partial charge on any atom is 0.348 e. The molecule has 1 aromatic rings. The lowest BCUT2D eigenvalue weighted by Crippen LogP contribution is -2.51. The predicted molar refractivity (Wildman–Crippen MR) is 71.7 cm³/mol. The Balaban J connectivity index is 3.06. The summed E-state index contributed by atoms with van der Waals surface area (Å²) < 4.78 is 5.75. The molecule has 18 heavy (non-hydrogen) atoms. The van der Waals surface area contributed by atoms with Crippen molar-refractivity contribution >= 4 is 5.97 Å². The van der Waals surface area contributed by atoms with Crippen LogP contribution in [0, 0.1) is 11.3 Å². The summed E-state index contributed by atoms with van der Waals surface area (Å²) in [4.78, 5) is 11.6. The molecular formula is C15H22O3. The highest BCUT2D eigenvalue weighted by Crippen LogP contribution is 2.37. The molecule has 0 radical (unpaired) electrons. The van der Waals surface area contributed by atoms with Crippen molar-refractivity contribution < 1.29 is 14.6 Å². The number of ether oxygens (including phenoxy) is 1. The van der Waals surface area contributed by atoms with Gasteiger partial charge in [0.25, 0.3) is 0 Å². The van der Waals surface area contributed by atoms with Gasteiger partial charge in [-0.3, -0.25) is 0 Å². The number of carboxylic acid groups (broad SMARTS) is 1. The zero-order chi connectivity index (χ0) is 14.0. The molecule has 0 heterocycles. The Morgan fingerprint density at radius 2 is 1.67 bits per heavy atom. The summed E-state index contributed by atoms with van der Waals surface area (Å²) in [7, 11) is 0. The molecule has 0 spiro atoms. The summed E-state index contributed by atoms with van der Waals surface area (Å²) in [6.07, 6.45) is 0. The standard InChI is InChI=1S/C15H22O3/c1-11(14(2,3)4)15(5,13(16)17)18-12-9-7-6-8-10-12/h6-11H,1-5H3,(H,16,17). The highest BCUT2D eigenvalue weighted by atomic mass is 16.5. The molecule has 0 aromatic heterocycles. The number of aliphatic carboxylic acids is 1. The average molecular weight is 250 g/mol. The largest absolute Gasteiger partial charge is 0.478 e. The predicted octanol–water partition coefficient (Wildman–Crippen LogP) is 3.59. The van der Waals surface area contributed by atoms with Crippen LogP contribution in [0.3, 0.4) is 0 Å². The Bertz CT molecular complexity index is 405. The zero-order valence-corrected chi connectivity index (χ0v) is 11.7. The molecule has 0 fully saturated rings. The van der Waals surface area contributed by atoms with E-state index in [1.807, 2.05) is 45.9 Å². The van der Waals surface area contributed by atoms with Gasteiger partial charge in [0.15, 0.2) is 0 Å². The molecule has 2 atom stereocenters. The number of hydrogen-bond donors (Lipinski definition) is 1. The van der Waals surface area contributed by atoms with Gasteiger partial charge in [0, 0.05) is 5.92 Å². The van der Waals surface area contributed by atoms with Crippen molar-refractivity contribution in [3.8, 4) is 5.75 Å². The first-order chi connectivity index (χ1) is 8.18. The average Bonchev–Trinajstić information content (AvgIpc) is 2.27. The van der Waals surface area contributed by atoms with Crippen LogP contribution >= 0.6 is 0 Å². The van der Waals surface area contributed by atoms with Crippen LogP contribution in [0.25, 0.3) is 0 Å². The van der Waals surface area contributed by atoms with Gasteiger partial charge in [-0.15, -0.1) is 0 Å². The first-order valence-electron chi connectivity index (χ1n) is 6.15. The fourth-order valence-corrected chi connectivity index (χ4v) is 1.88. The second-order valence-corrected chi connectivity index (χ2v) is 5.92. The van der Waals surface area contributed by atoms with Crippen LogP contribution in [-0.4, -0.2) is 16.7 Å². The van der Waals surface area contributed by atoms with Crippen LogP contribution in [0.15, 0.2) is 30.3 Å². The molecule has 3 heteroatoms. The molecule has 100 valence electrons. The van der Waals surface area contributed by atoms with Gasteiger partial charge in [-0.25, -0.2) is 4.79 Å². The minimum Gasteiger partial charge on any atom is -0.478 e. The van der Waals surface area contributed by atoms with Gasteiger partial charge >= 0.3 is 5.97 Å². The van der Waals surface area contributed by atoms with E-state index in [1.54, 1.807) is 19.1 Å². The second kappa shape index (κ2) is 5.01. The summed E-state index contributed by atoms with van der Waals surface area (Å²) in [6, 6.07) is 9.09. The third kappa shape index (κ3) is 3.03.